The van der Waals surface area contributed by atoms with E-state index in [9.17, 15) is 4.79 Å². The van der Waals surface area contributed by atoms with Crippen molar-refractivity contribution in [2.45, 2.75) is 57.7 Å². The largest absolute Gasteiger partial charge is 0.459 e. The zero-order valence-electron chi connectivity index (χ0n) is 16.9. The van der Waals surface area contributed by atoms with E-state index in [1.165, 1.54) is 0 Å². The van der Waals surface area contributed by atoms with E-state index in [1.54, 1.807) is 30.3 Å². The van der Waals surface area contributed by atoms with Gasteiger partial charge in [0, 0.05) is 12.8 Å². The minimum atomic E-state index is -0.378. The Bertz CT molecular complexity index is 834. The number of nitrogens with zero attached hydrogens (tertiary/aromatic N) is 1. The van der Waals surface area contributed by atoms with Crippen LogP contribution in [-0.4, -0.2) is 43.9 Å². The van der Waals surface area contributed by atoms with Gasteiger partial charge in [0.1, 0.15) is 27.5 Å². The molecule has 2 aromatic carbocycles. The lowest BCUT2D eigenvalue weighted by Gasteiger charge is -2.53. The first-order chi connectivity index (χ1) is 13.1. The Labute approximate surface area is 170 Å². The summed E-state index contributed by atoms with van der Waals surface area (Å²) in [4.78, 5) is 18.7. The summed E-state index contributed by atoms with van der Waals surface area (Å²) in [6.45, 7) is 8.30. The SMILES string of the molecule is [B]c1ccc(ON2C(C)(C)CC(OC(=O)c3ccccc3)CC2(C)C)c([B])c1. The molecule has 0 amide bonds. The van der Waals surface area contributed by atoms with Gasteiger partial charge < -0.3 is 9.57 Å². The molecule has 0 unspecified atom stereocenters. The van der Waals surface area contributed by atoms with Gasteiger partial charge in [0.15, 0.2) is 0 Å². The van der Waals surface area contributed by atoms with Crippen LogP contribution in [0.4, 0.5) is 0 Å². The minimum absolute atomic E-state index is 0.207. The monoisotopic (exact) mass is 373 g/mol. The first kappa shape index (κ1) is 20.5. The van der Waals surface area contributed by atoms with E-state index < -0.39 is 0 Å². The smallest absolute Gasteiger partial charge is 0.338 e. The normalized spacial score (nSPS) is 19.1. The van der Waals surface area contributed by atoms with Crippen LogP contribution < -0.4 is 15.8 Å². The summed E-state index contributed by atoms with van der Waals surface area (Å²) in [5, 5.41) is 1.95. The van der Waals surface area contributed by atoms with Crippen molar-refractivity contribution < 1.29 is 14.4 Å². The Morgan fingerprint density at radius 3 is 2.18 bits per heavy atom. The molecular formula is C22H25B2NO3. The summed E-state index contributed by atoms with van der Waals surface area (Å²) in [7, 11) is 11.9. The Morgan fingerprint density at radius 2 is 1.61 bits per heavy atom. The fourth-order valence-electron chi connectivity index (χ4n) is 4.04. The van der Waals surface area contributed by atoms with Gasteiger partial charge in [0.25, 0.3) is 0 Å². The number of hydrogen-bond donors (Lipinski definition) is 0. The van der Waals surface area contributed by atoms with Gasteiger partial charge >= 0.3 is 5.97 Å². The molecule has 3 rings (SSSR count). The van der Waals surface area contributed by atoms with Crippen LogP contribution in [-0.2, 0) is 4.74 Å². The number of carbonyl (C=O) groups excluding carboxylic acids is 1. The van der Waals surface area contributed by atoms with Gasteiger partial charge in [0.05, 0.1) is 16.6 Å². The van der Waals surface area contributed by atoms with Crippen molar-refractivity contribution >= 4 is 32.6 Å². The average molecular weight is 373 g/mol. The van der Waals surface area contributed by atoms with Crippen molar-refractivity contribution in [3.8, 4) is 5.75 Å². The molecule has 0 atom stereocenters. The fraction of sp³-hybridized carbons (Fsp3) is 0.409. The molecule has 4 radical (unpaired) electrons. The lowest BCUT2D eigenvalue weighted by Crippen LogP contribution is -2.63. The first-order valence-electron chi connectivity index (χ1n) is 9.48. The third kappa shape index (κ3) is 4.44. The van der Waals surface area contributed by atoms with Crippen LogP contribution in [0.1, 0.15) is 50.9 Å². The fourth-order valence-corrected chi connectivity index (χ4v) is 4.04. The van der Waals surface area contributed by atoms with Gasteiger partial charge in [-0.1, -0.05) is 41.3 Å². The standard InChI is InChI=1S/C22H25B2NO3/c1-21(2)13-17(27-20(26)15-8-6-5-7-9-15)14-22(3,4)25(21)28-19-11-10-16(23)12-18(19)24/h5-12,17H,13-14H2,1-4H3. The Morgan fingerprint density at radius 1 is 1.00 bits per heavy atom. The molecule has 0 aliphatic carbocycles. The lowest BCUT2D eigenvalue weighted by atomic mass is 9.80. The third-order valence-electron chi connectivity index (χ3n) is 5.06. The van der Waals surface area contributed by atoms with Gasteiger partial charge in [-0.3, -0.25) is 0 Å². The Kier molecular flexibility index (Phi) is 5.62. The van der Waals surface area contributed by atoms with Crippen LogP contribution >= 0.6 is 0 Å². The summed E-state index contributed by atoms with van der Waals surface area (Å²) in [5.41, 5.74) is 0.889. The molecule has 2 aromatic rings. The number of esters is 1. The summed E-state index contributed by atoms with van der Waals surface area (Å²) in [6, 6.07) is 14.3. The molecular weight excluding hydrogens is 348 g/mol. The molecule has 6 heteroatoms. The zero-order chi connectivity index (χ0) is 20.5. The van der Waals surface area contributed by atoms with Crippen molar-refractivity contribution in [2.75, 3.05) is 0 Å². The predicted octanol–water partition coefficient (Wildman–Crippen LogP) is 2.45. The summed E-state index contributed by atoms with van der Waals surface area (Å²) >= 11 is 0. The molecule has 1 saturated heterocycles. The second-order valence-electron chi connectivity index (χ2n) is 8.61. The molecule has 0 spiro atoms. The maximum atomic E-state index is 12.5. The lowest BCUT2D eigenvalue weighted by molar-refractivity contribution is -0.233. The second-order valence-corrected chi connectivity index (χ2v) is 8.61. The topological polar surface area (TPSA) is 38.8 Å². The highest BCUT2D eigenvalue weighted by atomic mass is 16.7. The van der Waals surface area contributed by atoms with E-state index in [1.807, 2.05) is 23.3 Å². The minimum Gasteiger partial charge on any atom is -0.459 e. The molecule has 1 aliphatic heterocycles. The maximum absolute atomic E-state index is 12.5. The predicted molar refractivity (Wildman–Crippen MR) is 113 cm³/mol. The van der Waals surface area contributed by atoms with Crippen molar-refractivity contribution in [3.05, 3.63) is 54.1 Å². The van der Waals surface area contributed by atoms with E-state index in [-0.39, 0.29) is 23.2 Å². The Hall–Kier alpha value is -2.20. The molecule has 0 saturated carbocycles. The molecule has 1 aliphatic rings. The highest BCUT2D eigenvalue weighted by Gasteiger charge is 2.48. The van der Waals surface area contributed by atoms with Crippen molar-refractivity contribution in [2.24, 2.45) is 0 Å². The summed E-state index contributed by atoms with van der Waals surface area (Å²) in [5.74, 6) is 0.268. The molecule has 0 aromatic heterocycles. The van der Waals surface area contributed by atoms with Crippen LogP contribution in [0.2, 0.25) is 0 Å². The van der Waals surface area contributed by atoms with E-state index in [2.05, 4.69) is 27.7 Å². The van der Waals surface area contributed by atoms with Crippen molar-refractivity contribution in [1.29, 1.82) is 0 Å². The molecule has 0 N–H and O–H groups in total. The van der Waals surface area contributed by atoms with E-state index in [0.717, 1.165) is 0 Å². The number of ether oxygens (including phenoxy) is 1. The van der Waals surface area contributed by atoms with Crippen LogP contribution in [0.25, 0.3) is 0 Å². The third-order valence-corrected chi connectivity index (χ3v) is 5.06. The molecule has 1 fully saturated rings. The van der Waals surface area contributed by atoms with E-state index in [4.69, 9.17) is 25.3 Å². The first-order valence-corrected chi connectivity index (χ1v) is 9.48. The molecule has 1 heterocycles. The van der Waals surface area contributed by atoms with Crippen molar-refractivity contribution in [3.63, 3.8) is 0 Å². The maximum Gasteiger partial charge on any atom is 0.338 e. The van der Waals surface area contributed by atoms with Crippen molar-refractivity contribution in [1.82, 2.24) is 5.06 Å². The van der Waals surface area contributed by atoms with Crippen LogP contribution in [0.3, 0.4) is 0 Å². The highest BCUT2D eigenvalue weighted by Crippen LogP contribution is 2.40. The van der Waals surface area contributed by atoms with Crippen LogP contribution in [0.15, 0.2) is 48.5 Å². The summed E-state index contributed by atoms with van der Waals surface area (Å²) < 4.78 is 5.82. The molecule has 142 valence electrons. The number of hydroxylamine groups is 2. The molecule has 4 nitrogen and oxygen atoms in total. The second kappa shape index (κ2) is 7.67. The van der Waals surface area contributed by atoms with Gasteiger partial charge in [0.2, 0.25) is 0 Å². The van der Waals surface area contributed by atoms with Gasteiger partial charge in [-0.15, -0.1) is 5.06 Å². The van der Waals surface area contributed by atoms with Gasteiger partial charge in [-0.25, -0.2) is 4.79 Å². The van der Waals surface area contributed by atoms with Crippen LogP contribution in [0, 0.1) is 0 Å². The number of hydrogen-bond acceptors (Lipinski definition) is 4. The van der Waals surface area contributed by atoms with E-state index in [0.29, 0.717) is 35.1 Å². The average Bonchev–Trinajstić information content (AvgIpc) is 2.59. The van der Waals surface area contributed by atoms with Gasteiger partial charge in [-0.05, 0) is 45.9 Å². The van der Waals surface area contributed by atoms with Crippen LogP contribution in [0.5, 0.6) is 5.75 Å². The Balaban J connectivity index is 1.76. The number of rotatable bonds is 4. The summed E-state index contributed by atoms with van der Waals surface area (Å²) in [6.07, 6.45) is 1.08. The molecule has 0 bridgehead atoms. The number of benzene rings is 2. The molecule has 28 heavy (non-hydrogen) atoms. The zero-order valence-corrected chi connectivity index (χ0v) is 16.9. The number of piperidine rings is 1. The highest BCUT2D eigenvalue weighted by molar-refractivity contribution is 6.39. The van der Waals surface area contributed by atoms with Gasteiger partial charge in [-0.2, -0.15) is 0 Å². The van der Waals surface area contributed by atoms with E-state index >= 15 is 0 Å². The quantitative estimate of drug-likeness (QED) is 0.610. The number of carbonyl (C=O) groups is 1.